The molecule has 0 atom stereocenters. The molecule has 1 aromatic heterocycles. The molecule has 11 nitrogen and oxygen atoms in total. The third-order valence-corrected chi connectivity index (χ3v) is 11.1. The number of alkyl halides is 3. The molecule has 2 N–H and O–H groups in total. The van der Waals surface area contributed by atoms with Crippen LogP contribution in [0.15, 0.2) is 66.0 Å². The van der Waals surface area contributed by atoms with E-state index in [4.69, 9.17) is 17.3 Å². The number of anilines is 2. The van der Waals surface area contributed by atoms with Gasteiger partial charge in [0, 0.05) is 43.7 Å². The minimum absolute atomic E-state index is 0.0886. The highest BCUT2D eigenvalue weighted by Gasteiger charge is 2.38. The Labute approximate surface area is 281 Å². The third-order valence-electron chi connectivity index (χ3n) is 8.14. The Morgan fingerprint density at radius 2 is 1.81 bits per heavy atom. The van der Waals surface area contributed by atoms with Gasteiger partial charge in [0.05, 0.1) is 50.1 Å². The van der Waals surface area contributed by atoms with E-state index in [2.05, 4.69) is 18.7 Å². The highest BCUT2D eigenvalue weighted by atomic mass is 35.5. The Morgan fingerprint density at radius 1 is 1.10 bits per heavy atom. The van der Waals surface area contributed by atoms with Crippen LogP contribution in [-0.2, 0) is 33.4 Å². The molecule has 0 unspecified atom stereocenters. The van der Waals surface area contributed by atoms with Crippen LogP contribution >= 0.6 is 11.6 Å². The van der Waals surface area contributed by atoms with Crippen LogP contribution in [0.1, 0.15) is 37.1 Å². The summed E-state index contributed by atoms with van der Waals surface area (Å²) in [6, 6.07) is 11.9. The first kappa shape index (κ1) is 35.3. The van der Waals surface area contributed by atoms with E-state index in [1.807, 2.05) is 0 Å². The number of aromatic nitrogens is 2. The van der Waals surface area contributed by atoms with E-state index in [1.54, 1.807) is 48.0 Å². The van der Waals surface area contributed by atoms with Crippen LogP contribution in [0.4, 0.5) is 24.5 Å². The van der Waals surface area contributed by atoms with Gasteiger partial charge in [-0.05, 0) is 49.6 Å². The molecule has 3 aromatic rings. The molecule has 2 aliphatic rings. The van der Waals surface area contributed by atoms with Gasteiger partial charge < -0.3 is 20.1 Å². The van der Waals surface area contributed by atoms with Gasteiger partial charge in [0.1, 0.15) is 11.9 Å². The summed E-state index contributed by atoms with van der Waals surface area (Å²) in [6.45, 7) is 4.56. The van der Waals surface area contributed by atoms with E-state index >= 15 is 0 Å². The van der Waals surface area contributed by atoms with Gasteiger partial charge >= 0.3 is 6.18 Å². The zero-order chi connectivity index (χ0) is 35.0. The number of sulfonamides is 1. The zero-order valence-electron chi connectivity index (χ0n) is 25.7. The molecule has 3 heterocycles. The fraction of sp³-hybridized carbons (Fsp3) is 0.323. The van der Waals surface area contributed by atoms with Gasteiger partial charge in [-0.25, -0.2) is 21.4 Å². The minimum Gasteiger partial charge on any atom is -0.748 e. The van der Waals surface area contributed by atoms with Crippen LogP contribution < -0.4 is 20.1 Å². The summed E-state index contributed by atoms with van der Waals surface area (Å²) >= 11 is 6.02. The lowest BCUT2D eigenvalue weighted by atomic mass is 10.1. The Kier molecular flexibility index (Phi) is 9.91. The molecule has 5 rings (SSSR count). The highest BCUT2D eigenvalue weighted by molar-refractivity contribution is 7.89. The molecule has 256 valence electrons. The largest absolute Gasteiger partial charge is 0.748 e. The van der Waals surface area contributed by atoms with Crippen molar-refractivity contribution in [2.24, 2.45) is 12.8 Å². The molecule has 0 bridgehead atoms. The average molecular weight is 725 g/mol. The van der Waals surface area contributed by atoms with Crippen molar-refractivity contribution in [1.29, 1.82) is 0 Å². The first-order valence-corrected chi connectivity index (χ1v) is 18.2. The second-order valence-electron chi connectivity index (χ2n) is 11.1. The lowest BCUT2D eigenvalue weighted by Crippen LogP contribution is -2.35. The van der Waals surface area contributed by atoms with Crippen LogP contribution in [0.2, 0.25) is 5.02 Å². The maximum absolute atomic E-state index is 13.8. The lowest BCUT2D eigenvalue weighted by Gasteiger charge is -2.25. The number of aryl methyl sites for hydroxylation is 1. The van der Waals surface area contributed by atoms with Crippen LogP contribution in [0.25, 0.3) is 17.1 Å². The van der Waals surface area contributed by atoms with Gasteiger partial charge in [0.15, 0.2) is 11.0 Å². The van der Waals surface area contributed by atoms with Gasteiger partial charge in [0.25, 0.3) is 5.82 Å². The number of piperidine rings is 1. The molecule has 48 heavy (non-hydrogen) atoms. The molecule has 1 saturated heterocycles. The van der Waals surface area contributed by atoms with Gasteiger partial charge in [-0.15, -0.1) is 4.57 Å². The molecule has 2 aliphatic heterocycles. The number of benzene rings is 2. The second-order valence-corrected chi connectivity index (χ2v) is 15.0. The SMILES string of the molecule is C=CN1/C(=C\C=C\c2n(C#CN)c3cc(S(=O)(=O)N4CCCCC4)ccc3[n+]2C)N(CCCS(=O)(=O)[O-])c2cc(C(F)(F)F)c(Cl)cc21. The summed E-state index contributed by atoms with van der Waals surface area (Å²) in [7, 11) is -6.58. The molecule has 2 aromatic carbocycles. The van der Waals surface area contributed by atoms with Crippen molar-refractivity contribution in [3.05, 3.63) is 77.5 Å². The number of rotatable bonds is 9. The fourth-order valence-electron chi connectivity index (χ4n) is 5.92. The summed E-state index contributed by atoms with van der Waals surface area (Å²) in [4.78, 5) is 3.06. The van der Waals surface area contributed by atoms with Gasteiger partial charge in [0.2, 0.25) is 10.0 Å². The van der Waals surface area contributed by atoms with Gasteiger partial charge in [-0.3, -0.25) is 0 Å². The van der Waals surface area contributed by atoms with Gasteiger partial charge in [-0.2, -0.15) is 17.5 Å². The zero-order valence-corrected chi connectivity index (χ0v) is 28.1. The number of nitrogens with zero attached hydrogens (tertiary/aromatic N) is 5. The van der Waals surface area contributed by atoms with Crippen LogP contribution in [-0.4, -0.2) is 55.6 Å². The van der Waals surface area contributed by atoms with E-state index in [-0.39, 0.29) is 29.2 Å². The number of fused-ring (bicyclic) bond motifs is 2. The minimum atomic E-state index is -4.76. The Bertz CT molecular complexity index is 2110. The first-order valence-electron chi connectivity index (χ1n) is 14.8. The van der Waals surface area contributed by atoms with E-state index < -0.39 is 42.7 Å². The maximum Gasteiger partial charge on any atom is 0.417 e. The van der Waals surface area contributed by atoms with E-state index in [0.717, 1.165) is 31.4 Å². The van der Waals surface area contributed by atoms with Crippen molar-refractivity contribution in [2.45, 2.75) is 36.8 Å². The number of allylic oxidation sites excluding steroid dienone is 2. The Balaban J connectivity index is 1.58. The normalized spacial score (nSPS) is 16.9. The second kappa shape index (κ2) is 13.5. The van der Waals surface area contributed by atoms with Crippen LogP contribution in [0.3, 0.4) is 0 Å². The number of nitrogens with two attached hydrogens (primary N) is 1. The predicted molar refractivity (Wildman–Crippen MR) is 176 cm³/mol. The summed E-state index contributed by atoms with van der Waals surface area (Å²) in [5, 5.41) is -0.537. The number of halogens is 4. The predicted octanol–water partition coefficient (Wildman–Crippen LogP) is 4.30. The monoisotopic (exact) mass is 724 g/mol. The maximum atomic E-state index is 13.8. The summed E-state index contributed by atoms with van der Waals surface area (Å²) in [6.07, 6.45) is 3.79. The highest BCUT2D eigenvalue weighted by Crippen LogP contribution is 2.48. The number of hydrogen-bond acceptors (Lipinski definition) is 8. The smallest absolute Gasteiger partial charge is 0.417 e. The topological polar surface area (TPSA) is 136 Å². The third kappa shape index (κ3) is 6.92. The van der Waals surface area contributed by atoms with E-state index in [9.17, 15) is 34.6 Å². The number of imidazole rings is 1. The van der Waals surface area contributed by atoms with Gasteiger partial charge in [-0.1, -0.05) is 30.7 Å². The number of hydrogen-bond donors (Lipinski definition) is 1. The molecule has 0 spiro atoms. The molecule has 1 fully saturated rings. The van der Waals surface area contributed by atoms with Crippen molar-refractivity contribution < 1.29 is 39.1 Å². The lowest BCUT2D eigenvalue weighted by molar-refractivity contribution is -0.647. The first-order chi connectivity index (χ1) is 22.6. The van der Waals surface area contributed by atoms with Crippen LogP contribution in [0.5, 0.6) is 0 Å². The van der Waals surface area contributed by atoms with Crippen LogP contribution in [0, 0.1) is 12.1 Å². The van der Waals surface area contributed by atoms with E-state index in [1.165, 1.54) is 24.9 Å². The van der Waals surface area contributed by atoms with Crippen molar-refractivity contribution in [3.63, 3.8) is 0 Å². The average Bonchev–Trinajstić information content (AvgIpc) is 3.45. The summed E-state index contributed by atoms with van der Waals surface area (Å²) < 4.78 is 107. The van der Waals surface area contributed by atoms with Crippen molar-refractivity contribution >= 4 is 60.2 Å². The molecule has 0 saturated carbocycles. The molecule has 17 heteroatoms. The molecule has 0 amide bonds. The van der Waals surface area contributed by atoms with E-state index in [0.29, 0.717) is 35.8 Å². The summed E-state index contributed by atoms with van der Waals surface area (Å²) in [5.41, 5.74) is 6.01. The molecule has 0 radical (unpaired) electrons. The Hall–Kier alpha value is -4.01. The molecular formula is C31H32ClF3N6O5S2. The van der Waals surface area contributed by atoms with Crippen molar-refractivity contribution in [1.82, 2.24) is 8.87 Å². The molecular weight excluding hydrogens is 693 g/mol. The van der Waals surface area contributed by atoms with Crippen molar-refractivity contribution in [3.8, 4) is 12.1 Å². The standard InChI is InChI=1S/C31H32ClF3N6O5S2/c1-3-39-28-21-24(32)23(31(33,34)35)20-27(28)40(16-8-18-47(42,43)44)30(39)10-7-9-29-37(2)25-12-11-22(19-26(25)41(29)17-13-36)48(45,46)38-14-5-4-6-15-38/h3,7,9-12,19-21H,1,4-6,8,14-16,18,36H2,2H3. The fourth-order valence-corrected chi connectivity index (χ4v) is 8.20. The van der Waals surface area contributed by atoms with Crippen molar-refractivity contribution in [2.75, 3.05) is 35.2 Å². The quantitative estimate of drug-likeness (QED) is 0.150. The Morgan fingerprint density at radius 3 is 2.44 bits per heavy atom. The molecule has 0 aliphatic carbocycles. The summed E-state index contributed by atoms with van der Waals surface area (Å²) in [5.74, 6) is 0.0679.